The number of aryl methyl sites for hydroxylation is 6. The molecular weight excluding hydrogens is 865 g/mol. The van der Waals surface area contributed by atoms with E-state index in [1.165, 1.54) is 22.3 Å². The van der Waals surface area contributed by atoms with Crippen molar-refractivity contribution in [2.24, 2.45) is 0 Å². The highest BCUT2D eigenvalue weighted by Gasteiger charge is 2.30. The first kappa shape index (κ1) is 50.7. The van der Waals surface area contributed by atoms with E-state index in [1.54, 1.807) is 4.90 Å². The summed E-state index contributed by atoms with van der Waals surface area (Å²) in [6.07, 6.45) is 12.0. The lowest BCUT2D eigenvalue weighted by atomic mass is 10.0. The van der Waals surface area contributed by atoms with Crippen molar-refractivity contribution in [1.29, 1.82) is 0 Å². The van der Waals surface area contributed by atoms with E-state index in [0.29, 0.717) is 30.9 Å². The smallest absolute Gasteiger partial charge is 0.410 e. The maximum atomic E-state index is 12.5. The predicted molar refractivity (Wildman–Crippen MR) is 272 cm³/mol. The van der Waals surface area contributed by atoms with Crippen LogP contribution in [0.25, 0.3) is 22.8 Å². The number of pyridine rings is 2. The van der Waals surface area contributed by atoms with Gasteiger partial charge in [-0.25, -0.2) is 24.1 Å². The Kier molecular flexibility index (Phi) is 17.6. The van der Waals surface area contributed by atoms with E-state index in [1.807, 2.05) is 75.7 Å². The number of ether oxygens (including phenoxy) is 3. The third-order valence-corrected chi connectivity index (χ3v) is 12.4. The van der Waals surface area contributed by atoms with Gasteiger partial charge in [0.15, 0.2) is 0 Å². The van der Waals surface area contributed by atoms with Crippen LogP contribution in [0.4, 0.5) is 4.79 Å². The molecule has 0 bridgehead atoms. The van der Waals surface area contributed by atoms with Gasteiger partial charge in [-0.15, -0.1) is 10.2 Å². The maximum absolute atomic E-state index is 12.5. The van der Waals surface area contributed by atoms with Crippen LogP contribution in [0, 0.1) is 13.8 Å². The van der Waals surface area contributed by atoms with Gasteiger partial charge in [-0.2, -0.15) is 0 Å². The van der Waals surface area contributed by atoms with Gasteiger partial charge in [-0.3, -0.25) is 0 Å². The molecule has 2 aromatic carbocycles. The van der Waals surface area contributed by atoms with Crippen LogP contribution in [0.2, 0.25) is 0 Å². The van der Waals surface area contributed by atoms with Gasteiger partial charge in [0.2, 0.25) is 11.8 Å². The van der Waals surface area contributed by atoms with Gasteiger partial charge in [0, 0.05) is 25.2 Å². The average Bonchev–Trinajstić information content (AvgIpc) is 3.91. The second-order valence-corrected chi connectivity index (χ2v) is 19.5. The summed E-state index contributed by atoms with van der Waals surface area (Å²) in [6, 6.07) is 25.3. The van der Waals surface area contributed by atoms with E-state index < -0.39 is 5.60 Å². The van der Waals surface area contributed by atoms with Crippen LogP contribution in [-0.4, -0.2) is 82.7 Å². The molecule has 0 unspecified atom stereocenters. The van der Waals surface area contributed by atoms with Gasteiger partial charge in [0.05, 0.1) is 34.9 Å². The fourth-order valence-electron chi connectivity index (χ4n) is 9.29. The standard InChI is InChI=1S/C30H41N5O3.C25H33N5O/c1-7-10-22-18-23(11-8-2)20-25(19-22)37-27-13-9-12-26(31-27)28-21(3)32-33-35(28)24-14-16-34(17-15-24)29(36)38-30(4,5)6;1-4-7-19-15-20(8-5-2)17-22(16-19)31-24-10-6-9-23(27-24)25-18(3)28-29-30(25)21-11-13-26-14-12-21/h9,12-13,18-20,24H,7-8,10-11,14-17H2,1-6H3;6,9-10,15-17,21,26H,4-5,7-8,11-14H2,1-3H3. The Bertz CT molecular complexity index is 2550. The molecule has 0 atom stereocenters. The molecule has 368 valence electrons. The lowest BCUT2D eigenvalue weighted by Gasteiger charge is -2.33. The third-order valence-electron chi connectivity index (χ3n) is 12.4. The number of amides is 1. The minimum atomic E-state index is -0.502. The van der Waals surface area contributed by atoms with Crippen LogP contribution in [0.15, 0.2) is 72.8 Å². The third kappa shape index (κ3) is 13.8. The van der Waals surface area contributed by atoms with E-state index in [-0.39, 0.29) is 12.1 Å². The van der Waals surface area contributed by atoms with Crippen molar-refractivity contribution < 1.29 is 19.0 Å². The molecule has 6 heterocycles. The molecule has 8 rings (SSSR count). The second-order valence-electron chi connectivity index (χ2n) is 19.5. The Morgan fingerprint density at radius 2 is 1.01 bits per heavy atom. The van der Waals surface area contributed by atoms with Crippen molar-refractivity contribution in [2.75, 3.05) is 26.2 Å². The van der Waals surface area contributed by atoms with Crippen molar-refractivity contribution in [1.82, 2.24) is 50.2 Å². The minimum absolute atomic E-state index is 0.124. The van der Waals surface area contributed by atoms with E-state index >= 15 is 0 Å². The Morgan fingerprint density at radius 3 is 1.41 bits per heavy atom. The summed E-state index contributed by atoms with van der Waals surface area (Å²) >= 11 is 0. The zero-order chi connectivity index (χ0) is 48.9. The summed E-state index contributed by atoms with van der Waals surface area (Å²) in [6.45, 7) is 21.7. The van der Waals surface area contributed by atoms with Crippen LogP contribution in [0.1, 0.15) is 146 Å². The monoisotopic (exact) mass is 939 g/mol. The van der Waals surface area contributed by atoms with Crippen molar-refractivity contribution in [2.45, 2.75) is 157 Å². The number of nitrogens with zero attached hydrogens (tertiary/aromatic N) is 9. The fourth-order valence-corrected chi connectivity index (χ4v) is 9.29. The van der Waals surface area contributed by atoms with Crippen LogP contribution in [-0.2, 0) is 30.4 Å². The molecular formula is C55H74N10O4. The van der Waals surface area contributed by atoms with Crippen LogP contribution < -0.4 is 14.8 Å². The number of nitrogens with one attached hydrogen (secondary N) is 1. The number of rotatable bonds is 16. The molecule has 0 radical (unpaired) electrons. The molecule has 1 N–H and O–H groups in total. The maximum Gasteiger partial charge on any atom is 0.410 e. The Labute approximate surface area is 409 Å². The van der Waals surface area contributed by atoms with E-state index in [9.17, 15) is 4.79 Å². The first-order valence-electron chi connectivity index (χ1n) is 25.4. The van der Waals surface area contributed by atoms with Gasteiger partial charge >= 0.3 is 6.09 Å². The highest BCUT2D eigenvalue weighted by Crippen LogP contribution is 2.33. The van der Waals surface area contributed by atoms with Crippen molar-refractivity contribution >= 4 is 6.09 Å². The molecule has 0 spiro atoms. The zero-order valence-corrected chi connectivity index (χ0v) is 42.6. The summed E-state index contributed by atoms with van der Waals surface area (Å²) in [4.78, 5) is 24.0. The minimum Gasteiger partial charge on any atom is -0.444 e. The van der Waals surface area contributed by atoms with E-state index in [4.69, 9.17) is 24.2 Å². The SMILES string of the molecule is CCCc1cc(CCC)cc(Oc2cccc(-c3c(C)nnn3C3CCN(C(=O)OC(C)(C)C)CC3)n2)c1.CCCc1cc(CCC)cc(Oc2cccc(-c3c(C)nnn3C3CCNCC3)n2)c1. The number of carbonyl (C=O) groups excluding carboxylic acids is 1. The molecule has 1 amide bonds. The van der Waals surface area contributed by atoms with Crippen LogP contribution in [0.5, 0.6) is 23.3 Å². The fraction of sp³-hybridized carbons (Fsp3) is 0.509. The highest BCUT2D eigenvalue weighted by atomic mass is 16.6. The molecule has 14 nitrogen and oxygen atoms in total. The largest absolute Gasteiger partial charge is 0.444 e. The lowest BCUT2D eigenvalue weighted by Crippen LogP contribution is -2.42. The number of piperidine rings is 2. The molecule has 2 saturated heterocycles. The van der Waals surface area contributed by atoms with Crippen molar-refractivity contribution in [3.05, 3.63) is 106 Å². The van der Waals surface area contributed by atoms with E-state index in [0.717, 1.165) is 136 Å². The summed E-state index contributed by atoms with van der Waals surface area (Å²) in [7, 11) is 0. The average molecular weight is 939 g/mol. The van der Waals surface area contributed by atoms with Gasteiger partial charge in [-0.1, -0.05) is 88.1 Å². The molecule has 2 fully saturated rings. The molecule has 4 aromatic heterocycles. The van der Waals surface area contributed by atoms with Gasteiger partial charge in [0.1, 0.15) is 28.5 Å². The summed E-state index contributed by atoms with van der Waals surface area (Å²) < 4.78 is 22.1. The molecule has 2 aliphatic rings. The van der Waals surface area contributed by atoms with Crippen LogP contribution in [0.3, 0.4) is 0 Å². The lowest BCUT2D eigenvalue weighted by molar-refractivity contribution is 0.0184. The van der Waals surface area contributed by atoms with Gasteiger partial charge in [0.25, 0.3) is 0 Å². The normalized spacial score (nSPS) is 14.6. The predicted octanol–water partition coefficient (Wildman–Crippen LogP) is 12.2. The molecule has 0 saturated carbocycles. The first-order chi connectivity index (χ1) is 33.3. The Balaban J connectivity index is 0.000000208. The molecule has 6 aromatic rings. The summed E-state index contributed by atoms with van der Waals surface area (Å²) in [5, 5.41) is 21.1. The quantitative estimate of drug-likeness (QED) is 0.0989. The Hall–Kier alpha value is -6.15. The topological polar surface area (TPSA) is 147 Å². The number of hydrogen-bond donors (Lipinski definition) is 1. The number of aromatic nitrogens is 8. The molecule has 0 aliphatic carbocycles. The van der Waals surface area contributed by atoms with Crippen molar-refractivity contribution in [3.8, 4) is 46.0 Å². The second kappa shape index (κ2) is 23.9. The molecule has 69 heavy (non-hydrogen) atoms. The number of likely N-dealkylation sites (tertiary alicyclic amines) is 1. The van der Waals surface area contributed by atoms with Gasteiger partial charge < -0.3 is 24.4 Å². The molecule has 2 aliphatic heterocycles. The van der Waals surface area contributed by atoms with Gasteiger partial charge in [-0.05, 0) is 158 Å². The number of hydrogen-bond acceptors (Lipinski definition) is 11. The van der Waals surface area contributed by atoms with Crippen molar-refractivity contribution in [3.63, 3.8) is 0 Å². The number of carbonyl (C=O) groups is 1. The molecule has 14 heteroatoms. The number of benzene rings is 2. The summed E-state index contributed by atoms with van der Waals surface area (Å²) in [5.74, 6) is 2.83. The Morgan fingerprint density at radius 1 is 0.609 bits per heavy atom. The highest BCUT2D eigenvalue weighted by molar-refractivity contribution is 5.68. The van der Waals surface area contributed by atoms with E-state index in [2.05, 4.69) is 94.7 Å². The van der Waals surface area contributed by atoms with Crippen LogP contribution >= 0.6 is 0 Å². The zero-order valence-electron chi connectivity index (χ0n) is 42.6. The summed E-state index contributed by atoms with van der Waals surface area (Å²) in [5.41, 5.74) is 9.96. The first-order valence-corrected chi connectivity index (χ1v) is 25.4.